The van der Waals surface area contributed by atoms with Crippen molar-refractivity contribution in [2.24, 2.45) is 0 Å². The number of carbonyl (C=O) groups excluding carboxylic acids is 1. The van der Waals surface area contributed by atoms with Crippen molar-refractivity contribution in [3.05, 3.63) is 79.2 Å². The van der Waals surface area contributed by atoms with E-state index in [0.29, 0.717) is 21.4 Å². The number of ether oxygens (including phenoxy) is 1. The zero-order chi connectivity index (χ0) is 18.0. The van der Waals surface area contributed by atoms with Crippen molar-refractivity contribution in [1.82, 2.24) is 0 Å². The molecule has 0 bridgehead atoms. The Morgan fingerprint density at radius 1 is 1.12 bits per heavy atom. The Labute approximate surface area is 158 Å². The summed E-state index contributed by atoms with van der Waals surface area (Å²) in [5, 5.41) is 1.76. The molecule has 0 saturated heterocycles. The van der Waals surface area contributed by atoms with Gasteiger partial charge in [-0.15, -0.1) is 0 Å². The van der Waals surface area contributed by atoms with E-state index in [1.54, 1.807) is 49.6 Å². The van der Waals surface area contributed by atoms with E-state index in [9.17, 15) is 9.59 Å². The van der Waals surface area contributed by atoms with E-state index in [4.69, 9.17) is 27.9 Å². The molecule has 0 aliphatic carbocycles. The van der Waals surface area contributed by atoms with Gasteiger partial charge in [-0.05, 0) is 59.5 Å². The minimum Gasteiger partial charge on any atom is -0.497 e. The highest BCUT2D eigenvalue weighted by Gasteiger charge is 2.10. The summed E-state index contributed by atoms with van der Waals surface area (Å²) < 4.78 is 5.63. The molecule has 0 unspecified atom stereocenters. The Kier molecular flexibility index (Phi) is 5.23. The fourth-order valence-electron chi connectivity index (χ4n) is 2.28. The second kappa shape index (κ2) is 7.40. The lowest BCUT2D eigenvalue weighted by Gasteiger charge is -2.03. The van der Waals surface area contributed by atoms with Gasteiger partial charge in [0.2, 0.25) is 4.74 Å². The smallest absolute Gasteiger partial charge is 0.244 e. The van der Waals surface area contributed by atoms with E-state index in [1.807, 2.05) is 6.07 Å². The minimum atomic E-state index is -0.370. The van der Waals surface area contributed by atoms with E-state index in [0.717, 1.165) is 21.4 Å². The number of halogens is 2. The van der Waals surface area contributed by atoms with Crippen LogP contribution in [0, 0.1) is 0 Å². The lowest BCUT2D eigenvalue weighted by Crippen LogP contribution is -2.09. The highest BCUT2D eigenvalue weighted by atomic mass is 35.5. The molecule has 3 rings (SSSR count). The van der Waals surface area contributed by atoms with Crippen LogP contribution in [0.25, 0.3) is 16.2 Å². The quantitative estimate of drug-likeness (QED) is 0.437. The number of allylic oxidation sites excluding steroid dienone is 1. The van der Waals surface area contributed by atoms with Crippen molar-refractivity contribution >= 4 is 56.5 Å². The van der Waals surface area contributed by atoms with Gasteiger partial charge in [0.25, 0.3) is 0 Å². The number of ketones is 1. The first-order valence-electron chi connectivity index (χ1n) is 7.27. The first-order valence-corrected chi connectivity index (χ1v) is 8.84. The Balaban J connectivity index is 1.95. The molecule has 0 radical (unpaired) electrons. The van der Waals surface area contributed by atoms with E-state index in [2.05, 4.69) is 0 Å². The first-order chi connectivity index (χ1) is 12.0. The second-order valence-electron chi connectivity index (χ2n) is 5.21. The standard InChI is InChI=1S/C19H12Cl2O3S/c1-24-14-6-3-12-8-15(19(23)25-18(12)10-14)17(22)7-4-11-2-5-13(20)9-16(11)21/h2-10H,1H3/b7-4-. The average Bonchev–Trinajstić information content (AvgIpc) is 2.59. The van der Waals surface area contributed by atoms with Crippen molar-refractivity contribution in [2.75, 3.05) is 7.11 Å². The van der Waals surface area contributed by atoms with E-state index in [1.165, 1.54) is 6.08 Å². The molecular weight excluding hydrogens is 379 g/mol. The highest BCUT2D eigenvalue weighted by molar-refractivity contribution is 7.16. The molecule has 0 saturated carbocycles. The third kappa shape index (κ3) is 3.93. The van der Waals surface area contributed by atoms with Crippen LogP contribution in [0.2, 0.25) is 10.0 Å². The maximum Gasteiger partial charge on any atom is 0.244 e. The van der Waals surface area contributed by atoms with Crippen molar-refractivity contribution < 1.29 is 9.53 Å². The van der Waals surface area contributed by atoms with Crippen LogP contribution in [0.3, 0.4) is 0 Å². The average molecular weight is 391 g/mol. The summed E-state index contributed by atoms with van der Waals surface area (Å²) in [5.41, 5.74) is 0.782. The topological polar surface area (TPSA) is 43.4 Å². The molecule has 126 valence electrons. The Bertz CT molecular complexity index is 1050. The molecule has 0 fully saturated rings. The SMILES string of the molecule is COc1ccc2cc(C(=O)/C=C\c3ccc(Cl)cc3Cl)c(=O)sc2c1. The van der Waals surface area contributed by atoms with Crippen LogP contribution < -0.4 is 9.48 Å². The number of benzene rings is 2. The number of carbonyl (C=O) groups is 1. The fraction of sp³-hybridized carbons (Fsp3) is 0.0526. The molecular formula is C19H12Cl2O3S. The van der Waals surface area contributed by atoms with Gasteiger partial charge in [-0.3, -0.25) is 9.59 Å². The predicted molar refractivity (Wildman–Crippen MR) is 104 cm³/mol. The Morgan fingerprint density at radius 2 is 1.92 bits per heavy atom. The molecule has 0 atom stereocenters. The first kappa shape index (κ1) is 17.7. The van der Waals surface area contributed by atoms with Crippen LogP contribution in [0.15, 0.2) is 53.3 Å². The largest absolute Gasteiger partial charge is 0.497 e. The summed E-state index contributed by atoms with van der Waals surface area (Å²) in [6, 6.07) is 12.0. The van der Waals surface area contributed by atoms with Gasteiger partial charge in [-0.25, -0.2) is 0 Å². The van der Waals surface area contributed by atoms with Crippen LogP contribution >= 0.6 is 34.5 Å². The molecule has 1 heterocycles. The monoisotopic (exact) mass is 390 g/mol. The summed E-state index contributed by atoms with van der Waals surface area (Å²) in [6.45, 7) is 0. The van der Waals surface area contributed by atoms with Crippen LogP contribution in [0.1, 0.15) is 15.9 Å². The molecule has 3 nitrogen and oxygen atoms in total. The van der Waals surface area contributed by atoms with Crippen molar-refractivity contribution in [3.63, 3.8) is 0 Å². The number of rotatable bonds is 4. The molecule has 3 aromatic rings. The number of hydrogen-bond acceptors (Lipinski definition) is 4. The van der Waals surface area contributed by atoms with Gasteiger partial charge in [-0.2, -0.15) is 0 Å². The lowest BCUT2D eigenvalue weighted by atomic mass is 10.1. The van der Waals surface area contributed by atoms with Crippen LogP contribution in [-0.2, 0) is 0 Å². The normalized spacial score (nSPS) is 11.2. The predicted octanol–water partition coefficient (Wildman–Crippen LogP) is 5.47. The van der Waals surface area contributed by atoms with Crippen molar-refractivity contribution in [1.29, 1.82) is 0 Å². The minimum absolute atomic E-state index is 0.129. The maximum absolute atomic E-state index is 12.4. The molecule has 0 spiro atoms. The summed E-state index contributed by atoms with van der Waals surface area (Å²) in [7, 11) is 1.56. The molecule has 25 heavy (non-hydrogen) atoms. The van der Waals surface area contributed by atoms with Gasteiger partial charge in [-0.1, -0.05) is 40.6 Å². The summed E-state index contributed by atoms with van der Waals surface area (Å²) in [5.74, 6) is 0.296. The number of hydrogen-bond donors (Lipinski definition) is 0. The number of fused-ring (bicyclic) bond motifs is 1. The van der Waals surface area contributed by atoms with Crippen molar-refractivity contribution in [3.8, 4) is 5.75 Å². The Morgan fingerprint density at radius 3 is 2.64 bits per heavy atom. The third-order valence-corrected chi connectivity index (χ3v) is 5.13. The highest BCUT2D eigenvalue weighted by Crippen LogP contribution is 2.24. The fourth-order valence-corrected chi connectivity index (χ4v) is 3.64. The molecule has 0 amide bonds. The van der Waals surface area contributed by atoms with E-state index >= 15 is 0 Å². The summed E-state index contributed by atoms with van der Waals surface area (Å²) >= 11 is 12.9. The molecule has 0 aliphatic heterocycles. The molecule has 1 aromatic heterocycles. The zero-order valence-electron chi connectivity index (χ0n) is 13.1. The van der Waals surface area contributed by atoms with E-state index < -0.39 is 0 Å². The second-order valence-corrected chi connectivity index (χ2v) is 7.07. The van der Waals surface area contributed by atoms with Crippen LogP contribution in [0.5, 0.6) is 5.75 Å². The summed E-state index contributed by atoms with van der Waals surface area (Å²) in [6.07, 6.45) is 2.91. The van der Waals surface area contributed by atoms with Gasteiger partial charge in [0.05, 0.1) is 12.7 Å². The van der Waals surface area contributed by atoms with Gasteiger partial charge in [0, 0.05) is 14.7 Å². The molecule has 2 aromatic carbocycles. The van der Waals surface area contributed by atoms with Crippen molar-refractivity contribution in [2.45, 2.75) is 0 Å². The van der Waals surface area contributed by atoms with Gasteiger partial charge in [0.15, 0.2) is 5.78 Å². The van der Waals surface area contributed by atoms with Gasteiger partial charge < -0.3 is 4.74 Å². The number of methoxy groups -OCH3 is 1. The van der Waals surface area contributed by atoms with Crippen LogP contribution in [-0.4, -0.2) is 12.9 Å². The van der Waals surface area contributed by atoms with E-state index in [-0.39, 0.29) is 16.1 Å². The molecule has 0 N–H and O–H groups in total. The van der Waals surface area contributed by atoms with Gasteiger partial charge in [0.1, 0.15) is 5.75 Å². The Hall–Kier alpha value is -2.14. The molecule has 6 heteroatoms. The van der Waals surface area contributed by atoms with Crippen LogP contribution in [0.4, 0.5) is 0 Å². The zero-order valence-corrected chi connectivity index (χ0v) is 15.4. The lowest BCUT2D eigenvalue weighted by molar-refractivity contribution is 0.104. The van der Waals surface area contributed by atoms with Gasteiger partial charge >= 0.3 is 0 Å². The summed E-state index contributed by atoms with van der Waals surface area (Å²) in [4.78, 5) is 24.7. The molecule has 0 aliphatic rings. The maximum atomic E-state index is 12.4. The third-order valence-electron chi connectivity index (χ3n) is 3.59.